The molecule has 0 bridgehead atoms. The van der Waals surface area contributed by atoms with Gasteiger partial charge in [0.15, 0.2) is 0 Å². The minimum atomic E-state index is -0.608. The van der Waals surface area contributed by atoms with E-state index in [0.29, 0.717) is 13.0 Å². The number of halogens is 1. The van der Waals surface area contributed by atoms with Crippen LogP contribution < -0.4 is 0 Å². The molecule has 2 atom stereocenters. The summed E-state index contributed by atoms with van der Waals surface area (Å²) >= 11 is 3.41. The lowest BCUT2D eigenvalue weighted by Crippen LogP contribution is -2.43. The quantitative estimate of drug-likeness (QED) is 0.561. The minimum Gasteiger partial charge on any atom is -0.467 e. The van der Waals surface area contributed by atoms with E-state index < -0.39 is 23.7 Å². The molecule has 0 spiro atoms. The molecule has 2 rings (SSSR count). The van der Waals surface area contributed by atoms with Crippen molar-refractivity contribution >= 4 is 28.0 Å². The van der Waals surface area contributed by atoms with Crippen molar-refractivity contribution in [3.63, 3.8) is 0 Å². The van der Waals surface area contributed by atoms with E-state index in [1.807, 2.05) is 39.8 Å². The van der Waals surface area contributed by atoms with Crippen molar-refractivity contribution in [3.8, 4) is 0 Å². The number of hydrogen-bond acceptors (Lipinski definition) is 5. The van der Waals surface area contributed by atoms with Crippen LogP contribution in [0.1, 0.15) is 38.4 Å². The van der Waals surface area contributed by atoms with Crippen molar-refractivity contribution in [2.45, 2.75) is 52.2 Å². The number of aryl methyl sites for hydroxylation is 1. The van der Waals surface area contributed by atoms with E-state index in [0.717, 1.165) is 22.3 Å². The molecule has 0 N–H and O–H groups in total. The second kappa shape index (κ2) is 7.72. The number of carbonyl (C=O) groups excluding carboxylic acids is 2. The van der Waals surface area contributed by atoms with Gasteiger partial charge in [0.25, 0.3) is 0 Å². The molecule has 6 nitrogen and oxygen atoms in total. The molecule has 0 saturated carbocycles. The Morgan fingerprint density at radius 3 is 2.60 bits per heavy atom. The Kier molecular flexibility index (Phi) is 6.08. The first kappa shape index (κ1) is 19.7. The number of methoxy groups -OCH3 is 1. The number of aromatic nitrogens is 1. The van der Waals surface area contributed by atoms with Crippen LogP contribution in [0.4, 0.5) is 4.79 Å². The van der Waals surface area contributed by atoms with Crippen molar-refractivity contribution in [3.05, 3.63) is 28.0 Å². The lowest BCUT2D eigenvalue weighted by molar-refractivity contribution is -0.145. The fraction of sp³-hybridized carbons (Fsp3) is 0.611. The van der Waals surface area contributed by atoms with E-state index in [-0.39, 0.29) is 5.92 Å². The first-order valence-corrected chi connectivity index (χ1v) is 9.09. The monoisotopic (exact) mass is 412 g/mol. The maximum absolute atomic E-state index is 12.5. The lowest BCUT2D eigenvalue weighted by Gasteiger charge is -2.27. The Morgan fingerprint density at radius 2 is 2.04 bits per heavy atom. The summed E-state index contributed by atoms with van der Waals surface area (Å²) in [5, 5.41) is 0. The molecule has 2 heterocycles. The second-order valence-electron chi connectivity index (χ2n) is 7.42. The average molecular weight is 413 g/mol. The fourth-order valence-electron chi connectivity index (χ4n) is 3.10. The lowest BCUT2D eigenvalue weighted by atomic mass is 9.97. The number of nitrogens with zero attached hydrogens (tertiary/aromatic N) is 2. The summed E-state index contributed by atoms with van der Waals surface area (Å²) < 4.78 is 11.1. The molecule has 1 unspecified atom stereocenters. The van der Waals surface area contributed by atoms with Crippen LogP contribution in [0.15, 0.2) is 16.7 Å². The zero-order chi connectivity index (χ0) is 18.8. The summed E-state index contributed by atoms with van der Waals surface area (Å²) in [7, 11) is 1.34. The largest absolute Gasteiger partial charge is 0.467 e. The van der Waals surface area contributed by atoms with Gasteiger partial charge in [-0.1, -0.05) is 0 Å². The van der Waals surface area contributed by atoms with Gasteiger partial charge in [-0.3, -0.25) is 4.90 Å². The van der Waals surface area contributed by atoms with Gasteiger partial charge in [-0.25, -0.2) is 14.6 Å². The summed E-state index contributed by atoms with van der Waals surface area (Å²) in [5.74, 6) is -0.245. The summed E-state index contributed by atoms with van der Waals surface area (Å²) in [6.07, 6.45) is 0.845. The van der Waals surface area contributed by atoms with Crippen molar-refractivity contribution < 1.29 is 19.1 Å². The number of amides is 1. The molecule has 0 aromatic carbocycles. The van der Waals surface area contributed by atoms with Gasteiger partial charge in [0, 0.05) is 12.2 Å². The fourth-order valence-corrected chi connectivity index (χ4v) is 3.67. The molecule has 7 heteroatoms. The molecular formula is C18H25BrN2O4. The van der Waals surface area contributed by atoms with Gasteiger partial charge in [0.1, 0.15) is 16.2 Å². The average Bonchev–Trinajstić information content (AvgIpc) is 2.87. The standard InChI is InChI=1S/C18H25BrN2O4/c1-11-6-12(9-15(19)20-11)7-13-8-14(16(22)24-5)21(10-13)17(23)25-18(2,3)4/h6,9,13-14H,7-8,10H2,1-5H3/t13-,14?/m1/s1. The SMILES string of the molecule is COC(=O)C1C[C@@H](Cc2cc(C)nc(Br)c2)CN1C(=O)OC(C)(C)C. The highest BCUT2D eigenvalue weighted by Gasteiger charge is 2.42. The highest BCUT2D eigenvalue weighted by molar-refractivity contribution is 9.10. The van der Waals surface area contributed by atoms with E-state index in [1.54, 1.807) is 0 Å². The molecule has 25 heavy (non-hydrogen) atoms. The van der Waals surface area contributed by atoms with Gasteiger partial charge in [-0.15, -0.1) is 0 Å². The number of ether oxygens (including phenoxy) is 2. The molecule has 1 fully saturated rings. The molecule has 1 aliphatic rings. The van der Waals surface area contributed by atoms with Crippen LogP contribution in [0.5, 0.6) is 0 Å². The second-order valence-corrected chi connectivity index (χ2v) is 8.23. The van der Waals surface area contributed by atoms with Gasteiger partial charge in [0.05, 0.1) is 7.11 Å². The molecule has 1 saturated heterocycles. The van der Waals surface area contributed by atoms with Gasteiger partial charge in [0.2, 0.25) is 0 Å². The third-order valence-electron chi connectivity index (χ3n) is 4.00. The highest BCUT2D eigenvalue weighted by atomic mass is 79.9. The van der Waals surface area contributed by atoms with Crippen LogP contribution in [0.2, 0.25) is 0 Å². The molecule has 0 radical (unpaired) electrons. The van der Waals surface area contributed by atoms with Crippen LogP contribution in [-0.4, -0.2) is 47.2 Å². The molecule has 1 aromatic heterocycles. The predicted molar refractivity (Wildman–Crippen MR) is 97.2 cm³/mol. The van der Waals surface area contributed by atoms with E-state index in [2.05, 4.69) is 20.9 Å². The van der Waals surface area contributed by atoms with Crippen LogP contribution in [-0.2, 0) is 20.7 Å². The number of hydrogen-bond donors (Lipinski definition) is 0. The van der Waals surface area contributed by atoms with Crippen molar-refractivity contribution in [1.29, 1.82) is 0 Å². The third kappa shape index (κ3) is 5.42. The van der Waals surface area contributed by atoms with Crippen molar-refractivity contribution in [2.24, 2.45) is 5.92 Å². The zero-order valence-corrected chi connectivity index (χ0v) is 16.9. The van der Waals surface area contributed by atoms with E-state index >= 15 is 0 Å². The van der Waals surface area contributed by atoms with Crippen LogP contribution in [0, 0.1) is 12.8 Å². The van der Waals surface area contributed by atoms with E-state index in [1.165, 1.54) is 12.0 Å². The number of rotatable bonds is 3. The predicted octanol–water partition coefficient (Wildman–Crippen LogP) is 3.49. The number of pyridine rings is 1. The Morgan fingerprint density at radius 1 is 1.36 bits per heavy atom. The Balaban J connectivity index is 2.14. The zero-order valence-electron chi connectivity index (χ0n) is 15.3. The molecule has 1 aliphatic heterocycles. The Labute approximate surface area is 157 Å². The molecule has 1 aromatic rings. The highest BCUT2D eigenvalue weighted by Crippen LogP contribution is 2.29. The Hall–Kier alpha value is -1.63. The Bertz CT molecular complexity index is 637. The van der Waals surface area contributed by atoms with Crippen molar-refractivity contribution in [2.75, 3.05) is 13.7 Å². The maximum atomic E-state index is 12.5. The number of carbonyl (C=O) groups is 2. The summed E-state index contributed by atoms with van der Waals surface area (Å²) in [6.45, 7) is 7.83. The molecule has 1 amide bonds. The van der Waals surface area contributed by atoms with Gasteiger partial charge in [-0.05, 0) is 80.1 Å². The van der Waals surface area contributed by atoms with Crippen LogP contribution in [0.25, 0.3) is 0 Å². The van der Waals surface area contributed by atoms with E-state index in [4.69, 9.17) is 9.47 Å². The van der Waals surface area contributed by atoms with E-state index in [9.17, 15) is 9.59 Å². The van der Waals surface area contributed by atoms with Crippen LogP contribution >= 0.6 is 15.9 Å². The molecular weight excluding hydrogens is 388 g/mol. The van der Waals surface area contributed by atoms with Gasteiger partial charge >= 0.3 is 12.1 Å². The van der Waals surface area contributed by atoms with Crippen LogP contribution in [0.3, 0.4) is 0 Å². The molecule has 0 aliphatic carbocycles. The summed E-state index contributed by atoms with van der Waals surface area (Å²) in [6, 6.07) is 3.39. The number of likely N-dealkylation sites (tertiary alicyclic amines) is 1. The summed E-state index contributed by atoms with van der Waals surface area (Å²) in [4.78, 5) is 30.4. The maximum Gasteiger partial charge on any atom is 0.411 e. The first-order chi connectivity index (χ1) is 11.6. The normalized spacial score (nSPS) is 20.5. The smallest absolute Gasteiger partial charge is 0.411 e. The molecule has 138 valence electrons. The first-order valence-electron chi connectivity index (χ1n) is 8.29. The summed E-state index contributed by atoms with van der Waals surface area (Å²) in [5.41, 5.74) is 1.44. The topological polar surface area (TPSA) is 68.7 Å². The minimum absolute atomic E-state index is 0.158. The third-order valence-corrected chi connectivity index (χ3v) is 4.40. The number of esters is 1. The van der Waals surface area contributed by atoms with Gasteiger partial charge in [-0.2, -0.15) is 0 Å². The van der Waals surface area contributed by atoms with Gasteiger partial charge < -0.3 is 9.47 Å². The van der Waals surface area contributed by atoms with Crippen molar-refractivity contribution in [1.82, 2.24) is 9.88 Å².